The van der Waals surface area contributed by atoms with Gasteiger partial charge in [-0.25, -0.2) is 35.5 Å². The second kappa shape index (κ2) is 4.70. The third-order valence-electron chi connectivity index (χ3n) is 5.51. The maximum absolute atomic E-state index is 14.7. The molecule has 0 aromatic carbocycles. The minimum absolute atomic E-state index is 0.749. The lowest BCUT2D eigenvalue weighted by Crippen LogP contribution is -3.01. The molecule has 0 aromatic rings. The summed E-state index contributed by atoms with van der Waals surface area (Å²) in [5.74, 6) is -15.0. The van der Waals surface area contributed by atoms with Crippen LogP contribution in [0.1, 0.15) is 6.92 Å². The quantitative estimate of drug-likeness (QED) is 0.389. The van der Waals surface area contributed by atoms with Crippen LogP contribution in [0.15, 0.2) is 12.2 Å². The molecule has 4 rings (SSSR count). The van der Waals surface area contributed by atoms with Crippen molar-refractivity contribution < 1.29 is 57.8 Å². The first-order valence-electron chi connectivity index (χ1n) is 7.22. The van der Waals surface area contributed by atoms with Crippen LogP contribution in [0.2, 0.25) is 0 Å². The molecule has 0 spiro atoms. The summed E-state index contributed by atoms with van der Waals surface area (Å²) in [7, 11) is 0. The zero-order chi connectivity index (χ0) is 21.2. The van der Waals surface area contributed by atoms with E-state index in [1.807, 2.05) is 0 Å². The average Bonchev–Trinajstić information content (AvgIpc) is 2.57. The highest BCUT2D eigenvalue weighted by atomic mass is 19.3. The number of hydrogen-bond donors (Lipinski definition) is 0. The molecule has 0 radical (unpaired) electrons. The highest BCUT2D eigenvalue weighted by molar-refractivity contribution is 5.87. The Morgan fingerprint density at radius 3 is 1.48 bits per heavy atom. The second-order valence-corrected chi connectivity index (χ2v) is 6.87. The van der Waals surface area contributed by atoms with Crippen LogP contribution in [0.4, 0.5) is 48.3 Å². The van der Waals surface area contributed by atoms with Gasteiger partial charge in [-0.15, -0.1) is 0 Å². The fourth-order valence-corrected chi connectivity index (χ4v) is 4.03. The molecule has 4 aliphatic rings. The van der Waals surface area contributed by atoms with Crippen molar-refractivity contribution in [1.82, 2.24) is 0 Å². The molecule has 0 heterocycles. The summed E-state index contributed by atoms with van der Waals surface area (Å²) in [4.78, 5) is 11.5. The third kappa shape index (κ3) is 1.47. The van der Waals surface area contributed by atoms with Crippen molar-refractivity contribution in [2.75, 3.05) is 0 Å². The standard InChI is InChI=1S/C14H9F11O2/c1-3(2)4(26)27-9-5(15)10(19)8(18)11(20,6(9)16)14(24,25)12(21,7(9)17)13(10,22)23/h5-8H,1H2,2H3. The van der Waals surface area contributed by atoms with Gasteiger partial charge < -0.3 is 4.74 Å². The molecule has 2 nitrogen and oxygen atoms in total. The zero-order valence-electron chi connectivity index (χ0n) is 13.0. The number of halogens is 11. The second-order valence-electron chi connectivity index (χ2n) is 6.87. The minimum Gasteiger partial charge on any atom is -0.446 e. The Labute approximate surface area is 143 Å². The van der Waals surface area contributed by atoms with Crippen molar-refractivity contribution in [2.45, 2.75) is 66.1 Å². The van der Waals surface area contributed by atoms with Gasteiger partial charge in [-0.1, -0.05) is 6.58 Å². The van der Waals surface area contributed by atoms with Gasteiger partial charge in [0.25, 0.3) is 5.67 Å². The summed E-state index contributed by atoms with van der Waals surface area (Å²) in [6.45, 7) is 3.61. The third-order valence-corrected chi connectivity index (χ3v) is 5.51. The summed E-state index contributed by atoms with van der Waals surface area (Å²) in [5, 5.41) is 0. The molecular formula is C14H9F11O2. The molecule has 4 saturated carbocycles. The van der Waals surface area contributed by atoms with Gasteiger partial charge in [-0.2, -0.15) is 17.6 Å². The van der Waals surface area contributed by atoms with E-state index < -0.39 is 70.7 Å². The number of hydrogen-bond acceptors (Lipinski definition) is 2. The summed E-state index contributed by atoms with van der Waals surface area (Å²) in [6, 6.07) is 0. The van der Waals surface area contributed by atoms with Crippen LogP contribution in [-0.4, -0.2) is 65.1 Å². The number of ether oxygens (including phenoxy) is 1. The molecule has 4 fully saturated rings. The van der Waals surface area contributed by atoms with Crippen molar-refractivity contribution in [1.29, 1.82) is 0 Å². The predicted octanol–water partition coefficient (Wildman–Crippen LogP) is 3.63. The highest BCUT2D eigenvalue weighted by Gasteiger charge is 3.08. The highest BCUT2D eigenvalue weighted by Crippen LogP contribution is 2.77. The van der Waals surface area contributed by atoms with Crippen LogP contribution in [0.25, 0.3) is 0 Å². The van der Waals surface area contributed by atoms with Gasteiger partial charge in [0.1, 0.15) is 0 Å². The first kappa shape index (κ1) is 20.2. The lowest BCUT2D eigenvalue weighted by molar-refractivity contribution is -0.489. The van der Waals surface area contributed by atoms with Crippen molar-refractivity contribution in [2.24, 2.45) is 0 Å². The maximum atomic E-state index is 14.7. The summed E-state index contributed by atoms with van der Waals surface area (Å²) in [5.41, 5.74) is -23.5. The minimum atomic E-state index is -6.49. The van der Waals surface area contributed by atoms with Gasteiger partial charge in [0.05, 0.1) is 0 Å². The Morgan fingerprint density at radius 2 is 1.15 bits per heavy atom. The maximum Gasteiger partial charge on any atom is 0.333 e. The molecule has 154 valence electrons. The van der Waals surface area contributed by atoms with Crippen LogP contribution in [0.5, 0.6) is 0 Å². The predicted molar refractivity (Wildman–Crippen MR) is 64.6 cm³/mol. The van der Waals surface area contributed by atoms with Gasteiger partial charge >= 0.3 is 17.8 Å². The molecule has 0 amide bonds. The van der Waals surface area contributed by atoms with E-state index in [2.05, 4.69) is 11.3 Å². The summed E-state index contributed by atoms with van der Waals surface area (Å²) >= 11 is 0. The molecular weight excluding hydrogens is 409 g/mol. The van der Waals surface area contributed by atoms with Gasteiger partial charge in [0, 0.05) is 5.57 Å². The molecule has 0 N–H and O–H groups in total. The molecule has 0 aromatic heterocycles. The van der Waals surface area contributed by atoms with E-state index in [1.54, 1.807) is 0 Å². The monoisotopic (exact) mass is 418 g/mol. The van der Waals surface area contributed by atoms with Gasteiger partial charge in [-0.3, -0.25) is 0 Å². The number of rotatable bonds is 2. The molecule has 4 aliphatic carbocycles. The molecule has 5 atom stereocenters. The largest absolute Gasteiger partial charge is 0.446 e. The first-order chi connectivity index (χ1) is 11.9. The SMILES string of the molecule is C=C(C)C(=O)OC12C(F)C3(F)C(F)C(F)(C1F)C(F)(F)C(F)(C2F)C3(F)F. The normalized spacial score (nSPS) is 54.7. The van der Waals surface area contributed by atoms with E-state index in [-0.39, 0.29) is 0 Å². The number of carbonyl (C=O) groups excluding carboxylic acids is 1. The lowest BCUT2D eigenvalue weighted by atomic mass is 9.43. The smallest absolute Gasteiger partial charge is 0.333 e. The van der Waals surface area contributed by atoms with E-state index in [0.29, 0.717) is 0 Å². The Kier molecular flexibility index (Phi) is 3.51. The van der Waals surface area contributed by atoms with E-state index in [4.69, 9.17) is 0 Å². The van der Waals surface area contributed by atoms with E-state index >= 15 is 0 Å². The van der Waals surface area contributed by atoms with Gasteiger partial charge in [0.2, 0.25) is 16.9 Å². The number of carbonyl (C=O) groups is 1. The van der Waals surface area contributed by atoms with Crippen LogP contribution in [0, 0.1) is 0 Å². The number of esters is 1. The summed E-state index contributed by atoms with van der Waals surface area (Å²) < 4.78 is 162. The Morgan fingerprint density at radius 1 is 0.778 bits per heavy atom. The van der Waals surface area contributed by atoms with Crippen LogP contribution in [0.3, 0.4) is 0 Å². The van der Waals surface area contributed by atoms with E-state index in [0.717, 1.165) is 6.92 Å². The zero-order valence-corrected chi connectivity index (χ0v) is 13.0. The van der Waals surface area contributed by atoms with E-state index in [9.17, 15) is 53.1 Å². The number of alkyl halides is 11. The van der Waals surface area contributed by atoms with Crippen molar-refractivity contribution in [3.63, 3.8) is 0 Å². The van der Waals surface area contributed by atoms with E-state index in [1.165, 1.54) is 0 Å². The fraction of sp³-hybridized carbons (Fsp3) is 0.786. The average molecular weight is 418 g/mol. The van der Waals surface area contributed by atoms with Crippen molar-refractivity contribution in [3.05, 3.63) is 12.2 Å². The molecule has 0 saturated heterocycles. The molecule has 5 unspecified atom stereocenters. The van der Waals surface area contributed by atoms with Gasteiger partial charge in [0.15, 0.2) is 24.7 Å². The Hall–Kier alpha value is -1.56. The van der Waals surface area contributed by atoms with Crippen LogP contribution < -0.4 is 0 Å². The Bertz CT molecular complexity index is 703. The van der Waals surface area contributed by atoms with Gasteiger partial charge in [-0.05, 0) is 6.92 Å². The first-order valence-corrected chi connectivity index (χ1v) is 7.22. The van der Waals surface area contributed by atoms with Crippen LogP contribution in [-0.2, 0) is 9.53 Å². The fourth-order valence-electron chi connectivity index (χ4n) is 4.03. The topological polar surface area (TPSA) is 26.3 Å². The van der Waals surface area contributed by atoms with Crippen molar-refractivity contribution in [3.8, 4) is 0 Å². The molecule has 13 heteroatoms. The van der Waals surface area contributed by atoms with Crippen LogP contribution >= 0.6 is 0 Å². The lowest BCUT2D eigenvalue weighted by Gasteiger charge is -2.70. The molecule has 0 aliphatic heterocycles. The van der Waals surface area contributed by atoms with Crippen molar-refractivity contribution >= 4 is 5.97 Å². The molecule has 4 bridgehead atoms. The molecule has 27 heavy (non-hydrogen) atoms. The summed E-state index contributed by atoms with van der Waals surface area (Å²) in [6.07, 6.45) is -18.9. The Balaban J connectivity index is 2.41.